The summed E-state index contributed by atoms with van der Waals surface area (Å²) in [6.45, 7) is 19.2. The number of hydrogen-bond donors (Lipinski definition) is 0. The van der Waals surface area contributed by atoms with Gasteiger partial charge in [-0.05, 0) is 0 Å². The van der Waals surface area contributed by atoms with Crippen LogP contribution in [-0.2, 0) is 29.3 Å². The summed E-state index contributed by atoms with van der Waals surface area (Å²) in [5.74, 6) is 0. The summed E-state index contributed by atoms with van der Waals surface area (Å²) in [4.78, 5) is 0. The molecule has 0 saturated heterocycles. The first-order valence-corrected chi connectivity index (χ1v) is 14.5. The normalized spacial score (nSPS) is 18.9. The van der Waals surface area contributed by atoms with E-state index in [1.54, 1.807) is 39.0 Å². The maximum absolute atomic E-state index is 2.56. The Morgan fingerprint density at radius 1 is 0.897 bits per heavy atom. The molecule has 0 heterocycles. The molecule has 2 aromatic carbocycles. The second kappa shape index (κ2) is 7.19. The van der Waals surface area contributed by atoms with E-state index in [1.807, 2.05) is 3.33 Å². The van der Waals surface area contributed by atoms with E-state index in [0.717, 1.165) is 0 Å². The minimum atomic E-state index is -1.11. The molecular formula is C28H34Hf. The quantitative estimate of drug-likeness (QED) is 0.337. The van der Waals surface area contributed by atoms with Crippen molar-refractivity contribution in [3.8, 4) is 0 Å². The third-order valence-corrected chi connectivity index (χ3v) is 14.6. The van der Waals surface area contributed by atoms with Crippen LogP contribution in [0.3, 0.4) is 0 Å². The fourth-order valence-electron chi connectivity index (χ4n) is 5.11. The van der Waals surface area contributed by atoms with Crippen LogP contribution >= 0.6 is 0 Å². The van der Waals surface area contributed by atoms with Gasteiger partial charge >= 0.3 is 189 Å². The Kier molecular flexibility index (Phi) is 5.21. The SMILES string of the molecule is CC1=C(C)[C](C)([Hf][C]2=C(CC(C)(C)C)c3cc4ccccc4cc3C2)C(C)=C1C. The molecule has 2 aromatic rings. The maximum atomic E-state index is 2.56. The van der Waals surface area contributed by atoms with Crippen molar-refractivity contribution >= 4 is 16.3 Å². The van der Waals surface area contributed by atoms with Crippen LogP contribution in [0.4, 0.5) is 0 Å². The van der Waals surface area contributed by atoms with Gasteiger partial charge in [-0.1, -0.05) is 0 Å². The Labute approximate surface area is 188 Å². The van der Waals surface area contributed by atoms with E-state index in [2.05, 4.69) is 91.8 Å². The molecule has 2 aliphatic rings. The van der Waals surface area contributed by atoms with E-state index in [0.29, 0.717) is 8.59 Å². The van der Waals surface area contributed by atoms with Crippen molar-refractivity contribution in [3.63, 3.8) is 0 Å². The van der Waals surface area contributed by atoms with E-state index in [1.165, 1.54) is 23.6 Å². The van der Waals surface area contributed by atoms with Crippen molar-refractivity contribution in [3.05, 3.63) is 73.1 Å². The standard InChI is InChI=1S/C18H19.C10H15.Hf/c1-18(2,3)12-16-9-8-15-10-13-6-4-5-7-14(13)11-17(15)16;1-6-7(2)9(4)10(5)8(6)3;/h4-7,10-11H,8,12H2,1-3H3;1-5H3;. The molecular weight excluding hydrogens is 515 g/mol. The molecule has 0 bridgehead atoms. The Hall–Kier alpha value is -1.21. The first kappa shape index (κ1) is 21.0. The number of allylic oxidation sites excluding steroid dienone is 6. The fourth-order valence-corrected chi connectivity index (χ4v) is 12.3. The van der Waals surface area contributed by atoms with E-state index in [4.69, 9.17) is 0 Å². The van der Waals surface area contributed by atoms with Gasteiger partial charge in [0.25, 0.3) is 0 Å². The van der Waals surface area contributed by atoms with Gasteiger partial charge in [0.05, 0.1) is 0 Å². The summed E-state index contributed by atoms with van der Waals surface area (Å²) in [5.41, 5.74) is 11.6. The number of benzene rings is 2. The van der Waals surface area contributed by atoms with Crippen molar-refractivity contribution < 1.29 is 22.9 Å². The molecule has 0 N–H and O–H groups in total. The third kappa shape index (κ3) is 3.58. The Balaban J connectivity index is 1.83. The summed E-state index contributed by atoms with van der Waals surface area (Å²) >= 11 is -1.11. The molecule has 0 aromatic heterocycles. The molecule has 2 aliphatic carbocycles. The van der Waals surface area contributed by atoms with Crippen molar-refractivity contribution in [2.24, 2.45) is 5.41 Å². The van der Waals surface area contributed by atoms with E-state index in [-0.39, 0.29) is 0 Å². The second-order valence-electron chi connectivity index (χ2n) is 10.5. The molecule has 0 saturated carbocycles. The van der Waals surface area contributed by atoms with Crippen molar-refractivity contribution in [2.45, 2.75) is 71.4 Å². The van der Waals surface area contributed by atoms with Crippen molar-refractivity contribution in [1.29, 1.82) is 0 Å². The first-order valence-electron chi connectivity index (χ1n) is 10.9. The van der Waals surface area contributed by atoms with Crippen LogP contribution in [0.15, 0.2) is 62.0 Å². The average Bonchev–Trinajstić information content (AvgIpc) is 3.03. The van der Waals surface area contributed by atoms with E-state index >= 15 is 0 Å². The van der Waals surface area contributed by atoms with Crippen LogP contribution < -0.4 is 0 Å². The molecule has 150 valence electrons. The Morgan fingerprint density at radius 3 is 2.00 bits per heavy atom. The molecule has 0 nitrogen and oxygen atoms in total. The number of rotatable bonds is 3. The van der Waals surface area contributed by atoms with Gasteiger partial charge in [-0.15, -0.1) is 0 Å². The topological polar surface area (TPSA) is 0 Å². The second-order valence-corrected chi connectivity index (χ2v) is 17.1. The molecule has 4 rings (SSSR count). The van der Waals surface area contributed by atoms with Gasteiger partial charge < -0.3 is 0 Å². The molecule has 0 unspecified atom stereocenters. The molecule has 1 heteroatoms. The number of hydrogen-bond acceptors (Lipinski definition) is 0. The van der Waals surface area contributed by atoms with Crippen molar-refractivity contribution in [1.82, 2.24) is 0 Å². The summed E-state index contributed by atoms with van der Waals surface area (Å²) < 4.78 is 2.21. The van der Waals surface area contributed by atoms with Gasteiger partial charge in [0.15, 0.2) is 0 Å². The molecule has 29 heavy (non-hydrogen) atoms. The van der Waals surface area contributed by atoms with Gasteiger partial charge in [0, 0.05) is 0 Å². The van der Waals surface area contributed by atoms with E-state index < -0.39 is 22.9 Å². The Morgan fingerprint density at radius 2 is 1.45 bits per heavy atom. The van der Waals surface area contributed by atoms with Gasteiger partial charge in [-0.25, -0.2) is 0 Å². The predicted octanol–water partition coefficient (Wildman–Crippen LogP) is 8.49. The molecule has 0 amide bonds. The average molecular weight is 549 g/mol. The number of fused-ring (bicyclic) bond motifs is 2. The minimum absolute atomic E-state index is 0.315. The van der Waals surface area contributed by atoms with Crippen LogP contribution in [0.1, 0.15) is 72.9 Å². The predicted molar refractivity (Wildman–Crippen MR) is 124 cm³/mol. The van der Waals surface area contributed by atoms with Gasteiger partial charge in [-0.3, -0.25) is 0 Å². The summed E-state index contributed by atoms with van der Waals surface area (Å²) in [5, 5.41) is 2.78. The Bertz CT molecular complexity index is 1070. The van der Waals surface area contributed by atoms with Gasteiger partial charge in [0.2, 0.25) is 0 Å². The monoisotopic (exact) mass is 550 g/mol. The van der Waals surface area contributed by atoms with Crippen LogP contribution in [0.25, 0.3) is 16.3 Å². The van der Waals surface area contributed by atoms with Gasteiger partial charge in [-0.2, -0.15) is 0 Å². The summed E-state index contributed by atoms with van der Waals surface area (Å²) in [7, 11) is 0. The summed E-state index contributed by atoms with van der Waals surface area (Å²) in [6, 6.07) is 13.8. The van der Waals surface area contributed by atoms with Gasteiger partial charge in [0.1, 0.15) is 0 Å². The van der Waals surface area contributed by atoms with E-state index in [9.17, 15) is 0 Å². The first-order chi connectivity index (χ1) is 13.5. The molecule has 0 radical (unpaired) electrons. The zero-order valence-corrected chi connectivity index (χ0v) is 23.0. The van der Waals surface area contributed by atoms with Crippen LogP contribution in [0, 0.1) is 5.41 Å². The zero-order valence-electron chi connectivity index (χ0n) is 19.4. The summed E-state index contributed by atoms with van der Waals surface area (Å²) in [6.07, 6.45) is 2.39. The zero-order chi connectivity index (χ0) is 21.1. The van der Waals surface area contributed by atoms with Crippen LogP contribution in [-0.4, -0.2) is 0 Å². The fraction of sp³-hybridized carbons (Fsp3) is 0.429. The van der Waals surface area contributed by atoms with Crippen molar-refractivity contribution in [2.75, 3.05) is 0 Å². The molecule has 0 spiro atoms. The molecule has 0 fully saturated rings. The van der Waals surface area contributed by atoms with Crippen LogP contribution in [0.2, 0.25) is 3.17 Å². The molecule has 0 aliphatic heterocycles. The third-order valence-electron chi connectivity index (χ3n) is 7.32. The molecule has 0 atom stereocenters. The van der Waals surface area contributed by atoms with Crippen LogP contribution in [0.5, 0.6) is 0 Å².